The molecule has 1 aliphatic heterocycles. The van der Waals surface area contributed by atoms with Gasteiger partial charge >= 0.3 is 6.09 Å². The molecule has 4 aromatic rings. The Balaban J connectivity index is 1.25. The van der Waals surface area contributed by atoms with E-state index in [2.05, 4.69) is 59.4 Å². The number of likely N-dealkylation sites (tertiary alicyclic amines) is 1. The number of aromatic amines is 1. The van der Waals surface area contributed by atoms with Crippen molar-refractivity contribution < 1.29 is 23.5 Å². The van der Waals surface area contributed by atoms with E-state index in [-0.39, 0.29) is 23.8 Å². The monoisotopic (exact) mass is 737 g/mol. The van der Waals surface area contributed by atoms with Crippen molar-refractivity contribution in [3.8, 4) is 22.6 Å². The van der Waals surface area contributed by atoms with E-state index in [1.165, 1.54) is 7.11 Å². The number of amides is 3. The van der Waals surface area contributed by atoms with Gasteiger partial charge in [0.25, 0.3) is 0 Å². The number of methoxy groups -OCH3 is 1. The Kier molecular flexibility index (Phi) is 13.3. The summed E-state index contributed by atoms with van der Waals surface area (Å²) in [4.78, 5) is 54.3. The summed E-state index contributed by atoms with van der Waals surface area (Å²) in [6.07, 6.45) is 6.26. The number of carbonyl (C=O) groups is 3. The molecule has 2 atom stereocenters. The van der Waals surface area contributed by atoms with Crippen LogP contribution in [0.2, 0.25) is 0 Å². The third-order valence-electron chi connectivity index (χ3n) is 9.81. The van der Waals surface area contributed by atoms with Gasteiger partial charge in [0.05, 0.1) is 30.7 Å². The van der Waals surface area contributed by atoms with Gasteiger partial charge in [0.2, 0.25) is 11.8 Å². The van der Waals surface area contributed by atoms with Crippen LogP contribution in [-0.4, -0.2) is 83.7 Å². The predicted molar refractivity (Wildman–Crippen MR) is 214 cm³/mol. The summed E-state index contributed by atoms with van der Waals surface area (Å²) in [6, 6.07) is 13.5. The summed E-state index contributed by atoms with van der Waals surface area (Å²) < 4.78 is 11.0. The number of alkyl carbamates (subject to hydrolysis) is 1. The van der Waals surface area contributed by atoms with E-state index in [1.807, 2.05) is 63.1 Å². The van der Waals surface area contributed by atoms with E-state index in [0.29, 0.717) is 37.7 Å². The van der Waals surface area contributed by atoms with E-state index < -0.39 is 12.1 Å². The molecule has 2 aromatic heterocycles. The molecule has 1 saturated heterocycles. The third kappa shape index (κ3) is 9.39. The minimum Gasteiger partial charge on any atom is -0.456 e. The molecule has 0 saturated carbocycles. The van der Waals surface area contributed by atoms with Crippen LogP contribution in [0, 0.1) is 18.8 Å². The molecule has 5 rings (SSSR count). The van der Waals surface area contributed by atoms with E-state index >= 15 is 0 Å². The van der Waals surface area contributed by atoms with Gasteiger partial charge in [-0.3, -0.25) is 14.6 Å². The maximum absolute atomic E-state index is 13.3. The number of nitrogens with zero attached hydrogens (tertiary/aromatic N) is 4. The second-order valence-corrected chi connectivity index (χ2v) is 14.7. The number of hydrogen-bond donors (Lipinski definition) is 3. The SMILES string of the molecule is C=N/C(=C\NCCN(CCC)C(=O)[C@@H](NC(=O)OC)C(C)C)c1ccc(-c2cc3cc(-c4cnc([C@@H]5CCCN5C(=O)CC(C)C)[nH]4)ccc3o2)c(C)c1. The number of ether oxygens (including phenoxy) is 1. The molecule has 54 heavy (non-hydrogen) atoms. The Hall–Kier alpha value is -5.39. The van der Waals surface area contributed by atoms with Crippen molar-refractivity contribution in [2.75, 3.05) is 33.3 Å². The summed E-state index contributed by atoms with van der Waals surface area (Å²) in [7, 11) is 1.29. The number of aryl methyl sites for hydroxylation is 1. The van der Waals surface area contributed by atoms with Crippen LogP contribution >= 0.6 is 0 Å². The van der Waals surface area contributed by atoms with Gasteiger partial charge < -0.3 is 34.6 Å². The van der Waals surface area contributed by atoms with Crippen molar-refractivity contribution >= 4 is 41.3 Å². The lowest BCUT2D eigenvalue weighted by Crippen LogP contribution is -2.52. The van der Waals surface area contributed by atoms with E-state index in [0.717, 1.165) is 76.3 Å². The summed E-state index contributed by atoms with van der Waals surface area (Å²) in [6.45, 7) is 18.1. The first kappa shape index (κ1) is 39.8. The van der Waals surface area contributed by atoms with Gasteiger partial charge in [-0.15, -0.1) is 0 Å². The Morgan fingerprint density at radius 3 is 2.63 bits per heavy atom. The number of fused-ring (bicyclic) bond motifs is 1. The molecule has 12 nitrogen and oxygen atoms in total. The van der Waals surface area contributed by atoms with E-state index in [1.54, 1.807) is 11.1 Å². The van der Waals surface area contributed by atoms with Crippen LogP contribution < -0.4 is 10.6 Å². The number of hydrogen-bond acceptors (Lipinski definition) is 8. The highest BCUT2D eigenvalue weighted by molar-refractivity contribution is 5.88. The van der Waals surface area contributed by atoms with Crippen molar-refractivity contribution in [2.45, 2.75) is 79.3 Å². The zero-order valence-corrected chi connectivity index (χ0v) is 32.7. The highest BCUT2D eigenvalue weighted by atomic mass is 16.5. The van der Waals surface area contributed by atoms with Crippen LogP contribution in [-0.2, 0) is 14.3 Å². The molecular formula is C42H55N7O5. The van der Waals surface area contributed by atoms with Gasteiger partial charge in [0, 0.05) is 60.9 Å². The molecule has 1 aliphatic rings. The third-order valence-corrected chi connectivity index (χ3v) is 9.81. The molecule has 0 aliphatic carbocycles. The number of carbonyl (C=O) groups excluding carboxylic acids is 3. The number of furan rings is 1. The topological polar surface area (TPSA) is 145 Å². The quantitative estimate of drug-likeness (QED) is 0.0789. The molecule has 3 N–H and O–H groups in total. The Morgan fingerprint density at radius 1 is 1.15 bits per heavy atom. The molecule has 0 bridgehead atoms. The smallest absolute Gasteiger partial charge is 0.407 e. The number of aromatic nitrogens is 2. The van der Waals surface area contributed by atoms with Gasteiger partial charge in [-0.2, -0.15) is 0 Å². The fourth-order valence-electron chi connectivity index (χ4n) is 7.00. The van der Waals surface area contributed by atoms with Crippen LogP contribution in [0.3, 0.4) is 0 Å². The average molecular weight is 738 g/mol. The molecule has 0 spiro atoms. The fraction of sp³-hybridized carbons (Fsp3) is 0.452. The summed E-state index contributed by atoms with van der Waals surface area (Å²) >= 11 is 0. The van der Waals surface area contributed by atoms with Crippen LogP contribution in [0.1, 0.15) is 83.3 Å². The minimum atomic E-state index is -0.675. The molecule has 0 radical (unpaired) electrons. The zero-order chi connectivity index (χ0) is 38.9. The van der Waals surface area contributed by atoms with Crippen molar-refractivity contribution in [2.24, 2.45) is 16.8 Å². The zero-order valence-electron chi connectivity index (χ0n) is 32.7. The lowest BCUT2D eigenvalue weighted by atomic mass is 10.0. The maximum atomic E-state index is 13.3. The lowest BCUT2D eigenvalue weighted by Gasteiger charge is -2.29. The molecular weight excluding hydrogens is 683 g/mol. The second kappa shape index (κ2) is 18.1. The highest BCUT2D eigenvalue weighted by Gasteiger charge is 2.32. The lowest BCUT2D eigenvalue weighted by molar-refractivity contribution is -0.134. The number of rotatable bonds is 16. The van der Waals surface area contributed by atoms with Crippen molar-refractivity contribution in [3.05, 3.63) is 71.8 Å². The van der Waals surface area contributed by atoms with Crippen molar-refractivity contribution in [1.82, 2.24) is 30.4 Å². The summed E-state index contributed by atoms with van der Waals surface area (Å²) in [5.74, 6) is 1.87. The van der Waals surface area contributed by atoms with Gasteiger partial charge in [-0.05, 0) is 80.6 Å². The van der Waals surface area contributed by atoms with Gasteiger partial charge in [-0.1, -0.05) is 46.8 Å². The van der Waals surface area contributed by atoms with Crippen LogP contribution in [0.15, 0.2) is 64.3 Å². The first-order valence-corrected chi connectivity index (χ1v) is 19.0. The molecule has 288 valence electrons. The summed E-state index contributed by atoms with van der Waals surface area (Å²) in [5, 5.41) is 6.94. The molecule has 3 heterocycles. The van der Waals surface area contributed by atoms with E-state index in [9.17, 15) is 14.4 Å². The van der Waals surface area contributed by atoms with Gasteiger partial charge in [0.15, 0.2) is 0 Å². The molecule has 2 aromatic carbocycles. The van der Waals surface area contributed by atoms with Gasteiger partial charge in [-0.25, -0.2) is 9.78 Å². The number of aliphatic imine (C=N–C) groups is 1. The highest BCUT2D eigenvalue weighted by Crippen LogP contribution is 2.35. The molecule has 0 unspecified atom stereocenters. The predicted octanol–water partition coefficient (Wildman–Crippen LogP) is 7.72. The Labute approximate surface area is 318 Å². The second-order valence-electron chi connectivity index (χ2n) is 14.7. The Morgan fingerprint density at radius 2 is 1.94 bits per heavy atom. The normalized spacial score (nSPS) is 15.2. The number of nitrogens with one attached hydrogen (secondary N) is 3. The summed E-state index contributed by atoms with van der Waals surface area (Å²) in [5.41, 5.74) is 6.24. The first-order chi connectivity index (χ1) is 25.9. The first-order valence-electron chi connectivity index (χ1n) is 19.0. The number of H-pyrrole nitrogens is 1. The molecule has 1 fully saturated rings. The number of benzene rings is 2. The molecule has 3 amide bonds. The van der Waals surface area contributed by atoms with E-state index in [4.69, 9.17) is 14.1 Å². The van der Waals surface area contributed by atoms with Gasteiger partial charge in [0.1, 0.15) is 23.2 Å². The average Bonchev–Trinajstić information content (AvgIpc) is 3.92. The van der Waals surface area contributed by atoms with Crippen LogP contribution in [0.4, 0.5) is 4.79 Å². The van der Waals surface area contributed by atoms with Crippen molar-refractivity contribution in [3.63, 3.8) is 0 Å². The van der Waals surface area contributed by atoms with Crippen LogP contribution in [0.25, 0.3) is 39.2 Å². The Bertz CT molecular complexity index is 1980. The van der Waals surface area contributed by atoms with Crippen molar-refractivity contribution in [1.29, 1.82) is 0 Å². The molecule has 12 heteroatoms. The fourth-order valence-corrected chi connectivity index (χ4v) is 7.00. The standard InChI is InChI=1S/C42H55N7O5/c1-9-17-48(41(51)39(27(4)5)47-42(52)53-8)19-16-44-24-33(43-7)29-12-14-32(28(6)21-29)37-23-31-22-30(13-15-36(31)54-37)34-25-45-40(46-34)35-11-10-18-49(35)38(50)20-26(2)3/h12-15,21-27,35,39,44H,7,9-11,16-20H2,1-6,8H3,(H,45,46)(H,47,52)/b33-24-/t35-,39-/m0/s1. The maximum Gasteiger partial charge on any atom is 0.407 e. The largest absolute Gasteiger partial charge is 0.456 e. The minimum absolute atomic E-state index is 0.0182. The van der Waals surface area contributed by atoms with Crippen LogP contribution in [0.5, 0.6) is 0 Å². The number of imidazole rings is 1.